The highest BCUT2D eigenvalue weighted by Crippen LogP contribution is 2.18. The molecule has 2 N–H and O–H groups in total. The van der Waals surface area contributed by atoms with Crippen LogP contribution in [0.3, 0.4) is 0 Å². The third-order valence-corrected chi connectivity index (χ3v) is 4.70. The first-order valence-corrected chi connectivity index (χ1v) is 9.48. The topological polar surface area (TPSA) is 58.1 Å². The van der Waals surface area contributed by atoms with Crippen LogP contribution in [0.1, 0.15) is 20.8 Å². The van der Waals surface area contributed by atoms with Gasteiger partial charge in [0.2, 0.25) is 0 Å². The van der Waals surface area contributed by atoms with Crippen molar-refractivity contribution in [1.82, 2.24) is 15.5 Å². The normalized spacial score (nSPS) is 17.7. The maximum Gasteiger partial charge on any atom is 0.191 e. The maximum absolute atomic E-state index is 5.99. The van der Waals surface area contributed by atoms with Crippen LogP contribution < -0.4 is 15.4 Å². The van der Waals surface area contributed by atoms with Crippen molar-refractivity contribution >= 4 is 17.6 Å². The summed E-state index contributed by atoms with van der Waals surface area (Å²) in [7, 11) is 1.78. The number of halogens is 1. The molecule has 1 aliphatic rings. The van der Waals surface area contributed by atoms with Crippen LogP contribution in [0.5, 0.6) is 5.75 Å². The minimum atomic E-state index is -0.0146. The smallest absolute Gasteiger partial charge is 0.191 e. The molecule has 2 rings (SSSR count). The lowest BCUT2D eigenvalue weighted by Crippen LogP contribution is -2.56. The Kier molecular flexibility index (Phi) is 8.00. The van der Waals surface area contributed by atoms with E-state index in [1.807, 2.05) is 31.2 Å². The van der Waals surface area contributed by atoms with E-state index in [2.05, 4.69) is 34.4 Å². The molecule has 0 bridgehead atoms. The lowest BCUT2D eigenvalue weighted by Gasteiger charge is -2.41. The standard InChI is InChI=1S/C19H31ClN4O2/c1-15(26-17-7-5-6-16(20)12-17)13-22-18(21-4)23-14-19(2,3)24-8-10-25-11-9-24/h5-7,12,15H,8-11,13-14H2,1-4H3,(H2,21,22,23). The Morgan fingerprint density at radius 2 is 2.08 bits per heavy atom. The molecule has 1 heterocycles. The Hall–Kier alpha value is -1.50. The molecule has 1 fully saturated rings. The number of rotatable bonds is 7. The summed E-state index contributed by atoms with van der Waals surface area (Å²) in [5.41, 5.74) is 0.0320. The molecule has 26 heavy (non-hydrogen) atoms. The lowest BCUT2D eigenvalue weighted by molar-refractivity contribution is -0.00834. The zero-order valence-electron chi connectivity index (χ0n) is 16.2. The summed E-state index contributed by atoms with van der Waals surface area (Å²) in [5, 5.41) is 7.40. The van der Waals surface area contributed by atoms with Crippen molar-refractivity contribution in [3.8, 4) is 5.75 Å². The minimum Gasteiger partial charge on any atom is -0.489 e. The summed E-state index contributed by atoms with van der Waals surface area (Å²) in [5.74, 6) is 1.54. The average Bonchev–Trinajstić information content (AvgIpc) is 2.62. The van der Waals surface area contributed by atoms with Crippen LogP contribution in [0.25, 0.3) is 0 Å². The van der Waals surface area contributed by atoms with E-state index in [9.17, 15) is 0 Å². The van der Waals surface area contributed by atoms with Gasteiger partial charge in [0, 0.05) is 37.2 Å². The van der Waals surface area contributed by atoms with Gasteiger partial charge in [0.05, 0.1) is 19.8 Å². The number of nitrogens with one attached hydrogen (secondary N) is 2. The number of benzene rings is 1. The van der Waals surface area contributed by atoms with Gasteiger partial charge in [-0.25, -0.2) is 0 Å². The van der Waals surface area contributed by atoms with Crippen LogP contribution in [0.4, 0.5) is 0 Å². The highest BCUT2D eigenvalue weighted by Gasteiger charge is 2.28. The molecule has 1 aliphatic heterocycles. The second-order valence-electron chi connectivity index (χ2n) is 7.10. The molecule has 6 nitrogen and oxygen atoms in total. The van der Waals surface area contributed by atoms with Gasteiger partial charge in [-0.05, 0) is 39.0 Å². The zero-order valence-corrected chi connectivity index (χ0v) is 17.0. The second kappa shape index (κ2) is 10.00. The summed E-state index contributed by atoms with van der Waals surface area (Å²) in [6.07, 6.45) is -0.0146. The van der Waals surface area contributed by atoms with E-state index in [0.717, 1.165) is 44.6 Å². The van der Waals surface area contributed by atoms with Gasteiger partial charge in [-0.1, -0.05) is 17.7 Å². The van der Waals surface area contributed by atoms with Gasteiger partial charge in [-0.15, -0.1) is 0 Å². The average molecular weight is 383 g/mol. The van der Waals surface area contributed by atoms with Gasteiger partial charge < -0.3 is 20.1 Å². The minimum absolute atomic E-state index is 0.0146. The molecule has 0 saturated carbocycles. The molecule has 1 unspecified atom stereocenters. The fourth-order valence-electron chi connectivity index (χ4n) is 2.86. The van der Waals surface area contributed by atoms with Crippen LogP contribution in [0, 0.1) is 0 Å². The SMILES string of the molecule is CN=C(NCC(C)Oc1cccc(Cl)c1)NCC(C)(C)N1CCOCC1. The Morgan fingerprint density at radius 1 is 1.35 bits per heavy atom. The van der Waals surface area contributed by atoms with Crippen LogP contribution in [0.15, 0.2) is 29.3 Å². The number of ether oxygens (including phenoxy) is 2. The predicted octanol–water partition coefficient (Wildman–Crippen LogP) is 2.38. The van der Waals surface area contributed by atoms with E-state index in [1.54, 1.807) is 7.05 Å². The third kappa shape index (κ3) is 6.67. The first-order valence-electron chi connectivity index (χ1n) is 9.10. The highest BCUT2D eigenvalue weighted by molar-refractivity contribution is 6.30. The third-order valence-electron chi connectivity index (χ3n) is 4.47. The van der Waals surface area contributed by atoms with Crippen LogP contribution >= 0.6 is 11.6 Å². The highest BCUT2D eigenvalue weighted by atomic mass is 35.5. The fraction of sp³-hybridized carbons (Fsp3) is 0.632. The van der Waals surface area contributed by atoms with Gasteiger partial charge in [-0.3, -0.25) is 9.89 Å². The molecule has 146 valence electrons. The molecule has 0 aromatic heterocycles. The van der Waals surface area contributed by atoms with Crippen molar-refractivity contribution in [1.29, 1.82) is 0 Å². The van der Waals surface area contributed by atoms with Crippen molar-refractivity contribution in [2.45, 2.75) is 32.4 Å². The number of hydrogen-bond acceptors (Lipinski definition) is 4. The molecule has 0 amide bonds. The van der Waals surface area contributed by atoms with Crippen molar-refractivity contribution in [3.63, 3.8) is 0 Å². The molecular formula is C19H31ClN4O2. The van der Waals surface area contributed by atoms with Gasteiger partial charge >= 0.3 is 0 Å². The first kappa shape index (κ1) is 20.8. The summed E-state index contributed by atoms with van der Waals surface area (Å²) in [6.45, 7) is 11.5. The van der Waals surface area contributed by atoms with Crippen LogP contribution in [-0.4, -0.2) is 68.9 Å². The van der Waals surface area contributed by atoms with Gasteiger partial charge in [0.1, 0.15) is 11.9 Å². The quantitative estimate of drug-likeness (QED) is 0.560. The number of hydrogen-bond donors (Lipinski definition) is 2. The Bertz CT molecular complexity index is 589. The monoisotopic (exact) mass is 382 g/mol. The van der Waals surface area contributed by atoms with Crippen molar-refractivity contribution in [2.75, 3.05) is 46.4 Å². The molecular weight excluding hydrogens is 352 g/mol. The Morgan fingerprint density at radius 3 is 2.73 bits per heavy atom. The van der Waals surface area contributed by atoms with Gasteiger partial charge in [0.25, 0.3) is 0 Å². The lowest BCUT2D eigenvalue weighted by atomic mass is 10.0. The van der Waals surface area contributed by atoms with E-state index in [-0.39, 0.29) is 11.6 Å². The molecule has 1 saturated heterocycles. The summed E-state index contributed by atoms with van der Waals surface area (Å²) in [4.78, 5) is 6.75. The van der Waals surface area contributed by atoms with Gasteiger partial charge in [-0.2, -0.15) is 0 Å². The van der Waals surface area contributed by atoms with Gasteiger partial charge in [0.15, 0.2) is 5.96 Å². The maximum atomic E-state index is 5.99. The number of guanidine groups is 1. The summed E-state index contributed by atoms with van der Waals surface area (Å²) < 4.78 is 11.3. The van der Waals surface area contributed by atoms with Crippen molar-refractivity contribution < 1.29 is 9.47 Å². The largest absolute Gasteiger partial charge is 0.489 e. The number of nitrogens with zero attached hydrogens (tertiary/aromatic N) is 2. The second-order valence-corrected chi connectivity index (χ2v) is 7.54. The van der Waals surface area contributed by atoms with Crippen molar-refractivity contribution in [2.24, 2.45) is 4.99 Å². The number of morpholine rings is 1. The number of aliphatic imine (C=N–C) groups is 1. The van der Waals surface area contributed by atoms with Crippen molar-refractivity contribution in [3.05, 3.63) is 29.3 Å². The van der Waals surface area contributed by atoms with E-state index >= 15 is 0 Å². The molecule has 0 spiro atoms. The Balaban J connectivity index is 1.76. The molecule has 0 aliphatic carbocycles. The van der Waals surface area contributed by atoms with Crippen LogP contribution in [0.2, 0.25) is 5.02 Å². The summed E-state index contributed by atoms with van der Waals surface area (Å²) in [6, 6.07) is 7.43. The Labute approximate surface area is 161 Å². The fourth-order valence-corrected chi connectivity index (χ4v) is 3.04. The molecule has 1 atom stereocenters. The zero-order chi connectivity index (χ0) is 19.0. The molecule has 1 aromatic rings. The van der Waals surface area contributed by atoms with E-state index in [0.29, 0.717) is 11.6 Å². The van der Waals surface area contributed by atoms with Crippen LogP contribution in [-0.2, 0) is 4.74 Å². The van der Waals surface area contributed by atoms with E-state index in [1.165, 1.54) is 0 Å². The van der Waals surface area contributed by atoms with E-state index in [4.69, 9.17) is 21.1 Å². The molecule has 1 aromatic carbocycles. The first-order chi connectivity index (χ1) is 12.4. The molecule has 7 heteroatoms. The summed E-state index contributed by atoms with van der Waals surface area (Å²) >= 11 is 5.99. The predicted molar refractivity (Wildman–Crippen MR) is 107 cm³/mol. The molecule has 0 radical (unpaired) electrons. The van der Waals surface area contributed by atoms with E-state index < -0.39 is 0 Å².